The summed E-state index contributed by atoms with van der Waals surface area (Å²) in [5, 5.41) is 2.91. The smallest absolute Gasteiger partial charge is 0.416 e. The van der Waals surface area contributed by atoms with Crippen LogP contribution in [0, 0.1) is 0 Å². The molecular formula is C14H13F3N2O. The van der Waals surface area contributed by atoms with E-state index in [4.69, 9.17) is 4.74 Å². The molecule has 3 nitrogen and oxygen atoms in total. The number of rotatable bonds is 4. The van der Waals surface area contributed by atoms with E-state index in [0.29, 0.717) is 11.6 Å². The van der Waals surface area contributed by atoms with Crippen LogP contribution < -0.4 is 10.1 Å². The molecule has 0 amide bonds. The fourth-order valence-electron chi connectivity index (χ4n) is 1.83. The number of benzene rings is 1. The highest BCUT2D eigenvalue weighted by Gasteiger charge is 2.32. The molecule has 6 heteroatoms. The van der Waals surface area contributed by atoms with E-state index in [1.165, 1.54) is 19.2 Å². The normalized spacial score (nSPS) is 11.2. The van der Waals surface area contributed by atoms with Crippen LogP contribution >= 0.6 is 0 Å². The number of nitrogens with one attached hydrogen (secondary N) is 1. The van der Waals surface area contributed by atoms with Gasteiger partial charge in [-0.1, -0.05) is 18.2 Å². The highest BCUT2D eigenvalue weighted by Crippen LogP contribution is 2.32. The maximum absolute atomic E-state index is 12.9. The minimum absolute atomic E-state index is 0.0394. The van der Waals surface area contributed by atoms with E-state index in [9.17, 15) is 13.2 Å². The van der Waals surface area contributed by atoms with Crippen molar-refractivity contribution in [2.75, 3.05) is 12.4 Å². The summed E-state index contributed by atoms with van der Waals surface area (Å²) in [5.41, 5.74) is 0.0771. The van der Waals surface area contributed by atoms with Gasteiger partial charge >= 0.3 is 6.18 Å². The number of nitrogens with zero attached hydrogens (tertiary/aromatic N) is 1. The number of anilines is 1. The SMILES string of the molecule is COc1ncccc1NCc1ccccc1C(F)(F)F. The van der Waals surface area contributed by atoms with Gasteiger partial charge in [0.15, 0.2) is 0 Å². The number of alkyl halides is 3. The lowest BCUT2D eigenvalue weighted by Crippen LogP contribution is -2.12. The monoisotopic (exact) mass is 282 g/mol. The lowest BCUT2D eigenvalue weighted by Gasteiger charge is -2.14. The molecule has 0 unspecified atom stereocenters. The van der Waals surface area contributed by atoms with E-state index >= 15 is 0 Å². The Morgan fingerprint density at radius 1 is 1.15 bits per heavy atom. The Labute approximate surface area is 114 Å². The minimum atomic E-state index is -4.36. The fourth-order valence-corrected chi connectivity index (χ4v) is 1.83. The van der Waals surface area contributed by atoms with Crippen molar-refractivity contribution in [2.45, 2.75) is 12.7 Å². The summed E-state index contributed by atoms with van der Waals surface area (Å²) in [6, 6.07) is 8.84. The highest BCUT2D eigenvalue weighted by atomic mass is 19.4. The number of hydrogen-bond donors (Lipinski definition) is 1. The molecule has 0 radical (unpaired) electrons. The molecule has 0 aliphatic carbocycles. The molecule has 0 atom stereocenters. The van der Waals surface area contributed by atoms with Crippen molar-refractivity contribution >= 4 is 5.69 Å². The van der Waals surface area contributed by atoms with Crippen molar-refractivity contribution in [3.05, 3.63) is 53.7 Å². The van der Waals surface area contributed by atoms with E-state index in [1.54, 1.807) is 24.4 Å². The van der Waals surface area contributed by atoms with Crippen LogP contribution in [0.15, 0.2) is 42.6 Å². The van der Waals surface area contributed by atoms with Crippen LogP contribution in [0.3, 0.4) is 0 Å². The Bertz CT molecular complexity index is 585. The number of ether oxygens (including phenoxy) is 1. The Morgan fingerprint density at radius 2 is 1.90 bits per heavy atom. The van der Waals surface area contributed by atoms with E-state index in [0.717, 1.165) is 6.07 Å². The topological polar surface area (TPSA) is 34.1 Å². The molecule has 106 valence electrons. The van der Waals surface area contributed by atoms with Gasteiger partial charge < -0.3 is 10.1 Å². The van der Waals surface area contributed by atoms with Crippen LogP contribution in [0.1, 0.15) is 11.1 Å². The molecule has 0 bridgehead atoms. The van der Waals surface area contributed by atoms with Gasteiger partial charge in [-0.25, -0.2) is 4.98 Å². The van der Waals surface area contributed by atoms with Crippen LogP contribution in [-0.4, -0.2) is 12.1 Å². The zero-order chi connectivity index (χ0) is 14.6. The van der Waals surface area contributed by atoms with Crippen LogP contribution in [0.4, 0.5) is 18.9 Å². The van der Waals surface area contributed by atoms with E-state index in [1.807, 2.05) is 0 Å². The zero-order valence-electron chi connectivity index (χ0n) is 10.7. The average Bonchev–Trinajstić information content (AvgIpc) is 2.44. The van der Waals surface area contributed by atoms with Crippen LogP contribution in [0.25, 0.3) is 0 Å². The van der Waals surface area contributed by atoms with Crippen molar-refractivity contribution in [1.82, 2.24) is 4.98 Å². The Balaban J connectivity index is 2.20. The standard InChI is InChI=1S/C14H13F3N2O/c1-20-13-12(7-4-8-18-13)19-9-10-5-2-3-6-11(10)14(15,16)17/h2-8,19H,9H2,1H3. The molecule has 1 heterocycles. The molecule has 0 aliphatic rings. The second-order valence-electron chi connectivity index (χ2n) is 4.07. The summed E-state index contributed by atoms with van der Waals surface area (Å²) in [6.07, 6.45) is -2.81. The maximum Gasteiger partial charge on any atom is 0.416 e. The summed E-state index contributed by atoms with van der Waals surface area (Å²) < 4.78 is 43.6. The second kappa shape index (κ2) is 5.81. The van der Waals surface area contributed by atoms with Gasteiger partial charge in [0.05, 0.1) is 18.4 Å². The molecule has 1 aromatic heterocycles. The summed E-state index contributed by atoms with van der Waals surface area (Å²) >= 11 is 0. The Hall–Kier alpha value is -2.24. The van der Waals surface area contributed by atoms with Gasteiger partial charge in [0.2, 0.25) is 5.88 Å². The molecule has 1 aromatic carbocycles. The Kier molecular flexibility index (Phi) is 4.12. The van der Waals surface area contributed by atoms with Crippen molar-refractivity contribution in [2.24, 2.45) is 0 Å². The summed E-state index contributed by atoms with van der Waals surface area (Å²) in [7, 11) is 1.46. The van der Waals surface area contributed by atoms with Gasteiger partial charge in [-0.3, -0.25) is 0 Å². The summed E-state index contributed by atoms with van der Waals surface area (Å²) in [5.74, 6) is 0.344. The molecule has 20 heavy (non-hydrogen) atoms. The van der Waals surface area contributed by atoms with Gasteiger partial charge in [-0.15, -0.1) is 0 Å². The third-order valence-electron chi connectivity index (χ3n) is 2.76. The molecule has 0 aliphatic heterocycles. The predicted octanol–water partition coefficient (Wildman–Crippen LogP) is 3.72. The lowest BCUT2D eigenvalue weighted by molar-refractivity contribution is -0.138. The predicted molar refractivity (Wildman–Crippen MR) is 69.6 cm³/mol. The third-order valence-corrected chi connectivity index (χ3v) is 2.76. The van der Waals surface area contributed by atoms with Gasteiger partial charge in [0.1, 0.15) is 0 Å². The highest BCUT2D eigenvalue weighted by molar-refractivity contribution is 5.52. The lowest BCUT2D eigenvalue weighted by atomic mass is 10.1. The second-order valence-corrected chi connectivity index (χ2v) is 4.07. The van der Waals surface area contributed by atoms with Gasteiger partial charge in [-0.2, -0.15) is 13.2 Å². The molecule has 2 aromatic rings. The van der Waals surface area contributed by atoms with Crippen molar-refractivity contribution in [1.29, 1.82) is 0 Å². The number of halogens is 3. The van der Waals surface area contributed by atoms with Gasteiger partial charge in [0, 0.05) is 12.7 Å². The molecule has 2 rings (SSSR count). The third kappa shape index (κ3) is 3.20. The van der Waals surface area contributed by atoms with Crippen LogP contribution in [0.2, 0.25) is 0 Å². The van der Waals surface area contributed by atoms with Crippen LogP contribution in [-0.2, 0) is 12.7 Å². The largest absolute Gasteiger partial charge is 0.480 e. The van der Waals surface area contributed by atoms with E-state index < -0.39 is 11.7 Å². The van der Waals surface area contributed by atoms with Crippen molar-refractivity contribution in [3.8, 4) is 5.88 Å². The Morgan fingerprint density at radius 3 is 2.60 bits per heavy atom. The fraction of sp³-hybridized carbons (Fsp3) is 0.214. The first-order chi connectivity index (χ1) is 9.52. The first-order valence-corrected chi connectivity index (χ1v) is 5.90. The summed E-state index contributed by atoms with van der Waals surface area (Å²) in [4.78, 5) is 3.97. The number of hydrogen-bond acceptors (Lipinski definition) is 3. The zero-order valence-corrected chi connectivity index (χ0v) is 10.7. The molecule has 0 fully saturated rings. The average molecular weight is 282 g/mol. The maximum atomic E-state index is 12.9. The van der Waals surface area contributed by atoms with Crippen molar-refractivity contribution < 1.29 is 17.9 Å². The number of pyridine rings is 1. The molecule has 1 N–H and O–H groups in total. The molecule has 0 saturated heterocycles. The first kappa shape index (κ1) is 14.2. The van der Waals surface area contributed by atoms with Gasteiger partial charge in [-0.05, 0) is 23.8 Å². The first-order valence-electron chi connectivity index (χ1n) is 5.90. The molecule has 0 spiro atoms. The summed E-state index contributed by atoms with van der Waals surface area (Å²) in [6.45, 7) is 0.0394. The molecular weight excluding hydrogens is 269 g/mol. The van der Waals surface area contributed by atoms with E-state index in [-0.39, 0.29) is 12.1 Å². The number of aromatic nitrogens is 1. The minimum Gasteiger partial charge on any atom is -0.480 e. The molecule has 0 saturated carbocycles. The van der Waals surface area contributed by atoms with E-state index in [2.05, 4.69) is 10.3 Å². The van der Waals surface area contributed by atoms with Crippen molar-refractivity contribution in [3.63, 3.8) is 0 Å². The number of methoxy groups -OCH3 is 1. The quantitative estimate of drug-likeness (QED) is 0.928. The van der Waals surface area contributed by atoms with Crippen LogP contribution in [0.5, 0.6) is 5.88 Å². The van der Waals surface area contributed by atoms with Gasteiger partial charge in [0.25, 0.3) is 0 Å².